The molecular formula is C21H26O5. The molecule has 0 saturated carbocycles. The minimum atomic E-state index is -1.03. The second-order valence-corrected chi connectivity index (χ2v) is 7.07. The minimum Gasteiger partial charge on any atom is -0.497 e. The zero-order valence-corrected chi connectivity index (χ0v) is 15.9. The molecule has 26 heavy (non-hydrogen) atoms. The van der Waals surface area contributed by atoms with Gasteiger partial charge >= 0.3 is 5.97 Å². The average Bonchev–Trinajstić information content (AvgIpc) is 2.60. The Hall–Kier alpha value is -2.69. The van der Waals surface area contributed by atoms with Crippen molar-refractivity contribution in [3.8, 4) is 17.2 Å². The van der Waals surface area contributed by atoms with Crippen LogP contribution in [-0.2, 0) is 16.6 Å². The van der Waals surface area contributed by atoms with E-state index in [2.05, 4.69) is 20.8 Å². The van der Waals surface area contributed by atoms with E-state index in [1.807, 2.05) is 24.3 Å². The van der Waals surface area contributed by atoms with Crippen molar-refractivity contribution in [3.63, 3.8) is 0 Å². The predicted octanol–water partition coefficient (Wildman–Crippen LogP) is 4.08. The Balaban J connectivity index is 2.31. The largest absolute Gasteiger partial charge is 0.497 e. The minimum absolute atomic E-state index is 0.155. The summed E-state index contributed by atoms with van der Waals surface area (Å²) >= 11 is 0. The molecule has 0 saturated heterocycles. The molecule has 0 heterocycles. The number of benzene rings is 2. The lowest BCUT2D eigenvalue weighted by molar-refractivity contribution is -0.145. The first-order valence-corrected chi connectivity index (χ1v) is 8.46. The maximum absolute atomic E-state index is 11.8. The molecule has 0 unspecified atom stereocenters. The molecule has 0 bridgehead atoms. The van der Waals surface area contributed by atoms with Gasteiger partial charge in [0.2, 0.25) is 0 Å². The molecule has 0 aromatic heterocycles. The number of hydrogen-bond donors (Lipinski definition) is 1. The van der Waals surface area contributed by atoms with Gasteiger partial charge in [-0.1, -0.05) is 45.0 Å². The lowest BCUT2D eigenvalue weighted by Crippen LogP contribution is -2.30. The van der Waals surface area contributed by atoms with E-state index in [9.17, 15) is 9.90 Å². The van der Waals surface area contributed by atoms with Gasteiger partial charge in [0.15, 0.2) is 6.10 Å². The maximum Gasteiger partial charge on any atom is 0.345 e. The molecule has 2 rings (SSSR count). The summed E-state index contributed by atoms with van der Waals surface area (Å²) in [6, 6.07) is 12.8. The van der Waals surface area contributed by atoms with Crippen molar-refractivity contribution < 1.29 is 24.1 Å². The molecule has 0 radical (unpaired) electrons. The third-order valence-corrected chi connectivity index (χ3v) is 4.14. The Morgan fingerprint density at radius 1 is 1.04 bits per heavy atom. The number of hydrogen-bond acceptors (Lipinski definition) is 4. The van der Waals surface area contributed by atoms with Crippen LogP contribution in [0.25, 0.3) is 0 Å². The number of methoxy groups -OCH3 is 2. The summed E-state index contributed by atoms with van der Waals surface area (Å²) in [6.07, 6.45) is -0.846. The van der Waals surface area contributed by atoms with Crippen LogP contribution in [0.3, 0.4) is 0 Å². The monoisotopic (exact) mass is 358 g/mol. The maximum atomic E-state index is 11.8. The van der Waals surface area contributed by atoms with Crippen LogP contribution in [0.2, 0.25) is 0 Å². The van der Waals surface area contributed by atoms with Crippen LogP contribution in [0.15, 0.2) is 42.5 Å². The van der Waals surface area contributed by atoms with E-state index in [1.54, 1.807) is 32.4 Å². The Labute approximate surface area is 154 Å². The molecule has 0 aliphatic rings. The topological polar surface area (TPSA) is 65.0 Å². The van der Waals surface area contributed by atoms with Crippen molar-refractivity contribution >= 4 is 5.97 Å². The molecule has 0 amide bonds. The van der Waals surface area contributed by atoms with Gasteiger partial charge in [-0.2, -0.15) is 0 Å². The van der Waals surface area contributed by atoms with Crippen molar-refractivity contribution in [3.05, 3.63) is 53.6 Å². The van der Waals surface area contributed by atoms with Crippen molar-refractivity contribution in [1.29, 1.82) is 0 Å². The molecule has 5 heteroatoms. The first-order chi connectivity index (χ1) is 12.3. The smallest absolute Gasteiger partial charge is 0.345 e. The van der Waals surface area contributed by atoms with Gasteiger partial charge in [-0.05, 0) is 28.7 Å². The van der Waals surface area contributed by atoms with Gasteiger partial charge in [0, 0.05) is 12.5 Å². The van der Waals surface area contributed by atoms with Crippen molar-refractivity contribution in [2.45, 2.75) is 38.7 Å². The van der Waals surface area contributed by atoms with E-state index in [4.69, 9.17) is 14.2 Å². The fourth-order valence-corrected chi connectivity index (χ4v) is 2.74. The van der Waals surface area contributed by atoms with Crippen molar-refractivity contribution in [2.75, 3.05) is 14.2 Å². The van der Waals surface area contributed by atoms with E-state index in [0.717, 1.165) is 11.1 Å². The van der Waals surface area contributed by atoms with Gasteiger partial charge in [0.25, 0.3) is 0 Å². The first-order valence-electron chi connectivity index (χ1n) is 8.46. The van der Waals surface area contributed by atoms with Crippen LogP contribution < -0.4 is 14.2 Å². The van der Waals surface area contributed by atoms with E-state index >= 15 is 0 Å². The third-order valence-electron chi connectivity index (χ3n) is 4.14. The zero-order valence-electron chi connectivity index (χ0n) is 15.9. The van der Waals surface area contributed by atoms with Crippen LogP contribution in [0.4, 0.5) is 0 Å². The van der Waals surface area contributed by atoms with Crippen molar-refractivity contribution in [2.24, 2.45) is 0 Å². The molecule has 1 atom stereocenters. The van der Waals surface area contributed by atoms with Crippen LogP contribution >= 0.6 is 0 Å². The van der Waals surface area contributed by atoms with Gasteiger partial charge < -0.3 is 19.3 Å². The summed E-state index contributed by atoms with van der Waals surface area (Å²) < 4.78 is 16.5. The SMILES string of the molecule is COc1ccc(C[C@H](Oc2ccccc2C(C)(C)C)C(=O)O)c(OC)c1. The van der Waals surface area contributed by atoms with E-state index in [-0.39, 0.29) is 11.8 Å². The predicted molar refractivity (Wildman–Crippen MR) is 100 cm³/mol. The average molecular weight is 358 g/mol. The number of carbonyl (C=O) groups is 1. The van der Waals surface area contributed by atoms with E-state index < -0.39 is 12.1 Å². The third kappa shape index (κ3) is 4.69. The summed E-state index contributed by atoms with van der Waals surface area (Å²) in [6.45, 7) is 6.20. The molecular weight excluding hydrogens is 332 g/mol. The van der Waals surface area contributed by atoms with Gasteiger partial charge in [-0.15, -0.1) is 0 Å². The van der Waals surface area contributed by atoms with Gasteiger partial charge in [0.1, 0.15) is 17.2 Å². The molecule has 5 nitrogen and oxygen atoms in total. The molecule has 2 aromatic carbocycles. The number of ether oxygens (including phenoxy) is 3. The van der Waals surface area contributed by atoms with Crippen LogP contribution in [0.1, 0.15) is 31.9 Å². The summed E-state index contributed by atoms with van der Waals surface area (Å²) in [5.74, 6) is 0.784. The lowest BCUT2D eigenvalue weighted by Gasteiger charge is -2.25. The number of para-hydroxylation sites is 1. The first kappa shape index (κ1) is 19.6. The highest BCUT2D eigenvalue weighted by Gasteiger charge is 2.25. The fraction of sp³-hybridized carbons (Fsp3) is 0.381. The van der Waals surface area contributed by atoms with E-state index in [0.29, 0.717) is 17.2 Å². The quantitative estimate of drug-likeness (QED) is 0.808. The molecule has 0 aliphatic carbocycles. The number of rotatable bonds is 7. The molecule has 0 fully saturated rings. The van der Waals surface area contributed by atoms with Crippen LogP contribution in [0, 0.1) is 0 Å². The normalized spacial score (nSPS) is 12.3. The Morgan fingerprint density at radius 2 is 1.73 bits per heavy atom. The molecule has 140 valence electrons. The highest BCUT2D eigenvalue weighted by atomic mass is 16.5. The molecule has 0 aliphatic heterocycles. The Morgan fingerprint density at radius 3 is 2.31 bits per heavy atom. The van der Waals surface area contributed by atoms with Gasteiger partial charge in [-0.3, -0.25) is 0 Å². The second-order valence-electron chi connectivity index (χ2n) is 7.07. The second kappa shape index (κ2) is 8.13. The highest BCUT2D eigenvalue weighted by molar-refractivity contribution is 5.73. The van der Waals surface area contributed by atoms with Crippen LogP contribution in [0.5, 0.6) is 17.2 Å². The summed E-state index contributed by atoms with van der Waals surface area (Å²) in [7, 11) is 3.12. The van der Waals surface area contributed by atoms with Gasteiger partial charge in [0.05, 0.1) is 14.2 Å². The van der Waals surface area contributed by atoms with E-state index in [1.165, 1.54) is 0 Å². The zero-order chi connectivity index (χ0) is 19.3. The number of carboxylic acid groups (broad SMARTS) is 1. The molecule has 0 spiro atoms. The standard InChI is InChI=1S/C21H26O5/c1-21(2,3)16-8-6-7-9-17(16)26-19(20(22)23)12-14-10-11-15(24-4)13-18(14)25-5/h6-11,13,19H,12H2,1-5H3,(H,22,23)/t19-/m0/s1. The fourth-order valence-electron chi connectivity index (χ4n) is 2.74. The molecule has 2 aromatic rings. The summed E-state index contributed by atoms with van der Waals surface area (Å²) in [5.41, 5.74) is 1.55. The van der Waals surface area contributed by atoms with Crippen molar-refractivity contribution in [1.82, 2.24) is 0 Å². The summed E-state index contributed by atoms with van der Waals surface area (Å²) in [5, 5.41) is 9.66. The summed E-state index contributed by atoms with van der Waals surface area (Å²) in [4.78, 5) is 11.8. The number of aliphatic carboxylic acids is 1. The van der Waals surface area contributed by atoms with Gasteiger partial charge in [-0.25, -0.2) is 4.79 Å². The Bertz CT molecular complexity index is 761. The number of carboxylic acids is 1. The van der Waals surface area contributed by atoms with Crippen LogP contribution in [-0.4, -0.2) is 31.4 Å². The lowest BCUT2D eigenvalue weighted by atomic mass is 9.86. The molecule has 1 N–H and O–H groups in total. The highest BCUT2D eigenvalue weighted by Crippen LogP contribution is 2.32. The Kier molecular flexibility index (Phi) is 6.14.